The lowest BCUT2D eigenvalue weighted by Gasteiger charge is -2.11. The van der Waals surface area contributed by atoms with E-state index in [2.05, 4.69) is 5.32 Å². The Bertz CT molecular complexity index is 252. The maximum absolute atomic E-state index is 10.2. The number of rotatable bonds is 4. The zero-order valence-electron chi connectivity index (χ0n) is 10.3. The minimum Gasteiger partial charge on any atom is -0.480 e. The van der Waals surface area contributed by atoms with E-state index in [1.165, 1.54) is 0 Å². The molecule has 1 aliphatic heterocycles. The van der Waals surface area contributed by atoms with E-state index in [1.54, 1.807) is 0 Å². The van der Waals surface area contributed by atoms with Crippen molar-refractivity contribution < 1.29 is 19.8 Å². The van der Waals surface area contributed by atoms with Gasteiger partial charge in [-0.3, -0.25) is 9.59 Å². The Morgan fingerprint density at radius 1 is 1.47 bits per heavy atom. The van der Waals surface area contributed by atoms with E-state index in [0.29, 0.717) is 0 Å². The highest BCUT2D eigenvalue weighted by Crippen LogP contribution is 2.04. The first-order chi connectivity index (χ1) is 7.90. The van der Waals surface area contributed by atoms with Crippen LogP contribution in [0, 0.1) is 5.92 Å². The van der Waals surface area contributed by atoms with E-state index in [1.807, 2.05) is 13.8 Å². The number of aliphatic carboxylic acids is 2. The number of carbonyl (C=O) groups is 2. The first kappa shape index (κ1) is 15.9. The van der Waals surface area contributed by atoms with Gasteiger partial charge in [0.05, 0.1) is 0 Å². The fourth-order valence-corrected chi connectivity index (χ4v) is 1.39. The molecule has 1 fully saturated rings. The summed E-state index contributed by atoms with van der Waals surface area (Å²) in [6, 6.07) is -0.968. The first-order valence-corrected chi connectivity index (χ1v) is 5.84. The summed E-state index contributed by atoms with van der Waals surface area (Å²) in [6.45, 7) is 4.61. The molecule has 0 amide bonds. The van der Waals surface area contributed by atoms with Gasteiger partial charge >= 0.3 is 11.9 Å². The van der Waals surface area contributed by atoms with Crippen molar-refractivity contribution in [3.8, 4) is 0 Å². The second-order valence-corrected chi connectivity index (χ2v) is 4.24. The standard InChI is InChI=1S/C6H13NO2.C5H9NO2/c1-3-4(2)5(7)6(8)9;7-5(8)4-2-1-3-6-4/h4-5H,3,7H2,1-2H3,(H,8,9);4,6H,1-3H2,(H,7,8)/t4?,5-;4-/m11/s1. The third-order valence-electron chi connectivity index (χ3n) is 2.90. The van der Waals surface area contributed by atoms with Crippen LogP contribution in [0.5, 0.6) is 0 Å². The van der Waals surface area contributed by atoms with Crippen LogP contribution in [0.15, 0.2) is 0 Å². The number of nitrogens with two attached hydrogens (primary N) is 1. The van der Waals surface area contributed by atoms with Crippen LogP contribution in [0.25, 0.3) is 0 Å². The van der Waals surface area contributed by atoms with Crippen molar-refractivity contribution in [3.63, 3.8) is 0 Å². The largest absolute Gasteiger partial charge is 0.480 e. The van der Waals surface area contributed by atoms with E-state index < -0.39 is 18.0 Å². The van der Waals surface area contributed by atoms with Gasteiger partial charge in [-0.05, 0) is 25.3 Å². The molecular formula is C11H22N2O4. The van der Waals surface area contributed by atoms with Crippen LogP contribution in [0.1, 0.15) is 33.1 Å². The summed E-state index contributed by atoms with van der Waals surface area (Å²) in [5.74, 6) is -1.56. The molecule has 100 valence electrons. The van der Waals surface area contributed by atoms with Crippen molar-refractivity contribution in [2.75, 3.05) is 6.54 Å². The molecule has 3 atom stereocenters. The molecular weight excluding hydrogens is 224 g/mol. The predicted molar refractivity (Wildman–Crippen MR) is 63.7 cm³/mol. The van der Waals surface area contributed by atoms with Gasteiger partial charge < -0.3 is 21.3 Å². The summed E-state index contributed by atoms with van der Waals surface area (Å²) in [4.78, 5) is 20.3. The molecule has 0 radical (unpaired) electrons. The number of carboxylic acid groups (broad SMARTS) is 2. The van der Waals surface area contributed by atoms with Crippen LogP contribution in [-0.2, 0) is 9.59 Å². The molecule has 0 aromatic carbocycles. The third-order valence-corrected chi connectivity index (χ3v) is 2.90. The Hall–Kier alpha value is -1.14. The molecule has 1 aliphatic rings. The number of hydrogen-bond donors (Lipinski definition) is 4. The van der Waals surface area contributed by atoms with Gasteiger partial charge in [0, 0.05) is 0 Å². The molecule has 1 unspecified atom stereocenters. The Balaban J connectivity index is 0.000000302. The summed E-state index contributed by atoms with van der Waals surface area (Å²) in [6.07, 6.45) is 2.60. The minimum atomic E-state index is -0.913. The molecule has 0 bridgehead atoms. The lowest BCUT2D eigenvalue weighted by atomic mass is 10.0. The molecule has 0 saturated carbocycles. The molecule has 6 nitrogen and oxygen atoms in total. The van der Waals surface area contributed by atoms with E-state index >= 15 is 0 Å². The van der Waals surface area contributed by atoms with Gasteiger partial charge in [-0.15, -0.1) is 0 Å². The van der Waals surface area contributed by atoms with Gasteiger partial charge in [0.25, 0.3) is 0 Å². The Labute approximate surface area is 101 Å². The van der Waals surface area contributed by atoms with Crippen LogP contribution in [0.2, 0.25) is 0 Å². The van der Waals surface area contributed by atoms with Gasteiger partial charge in [0.1, 0.15) is 12.1 Å². The Morgan fingerprint density at radius 2 is 2.06 bits per heavy atom. The van der Waals surface area contributed by atoms with Gasteiger partial charge in [-0.1, -0.05) is 20.3 Å². The van der Waals surface area contributed by atoms with E-state index in [0.717, 1.165) is 25.8 Å². The summed E-state index contributed by atoms with van der Waals surface area (Å²) in [7, 11) is 0. The zero-order valence-corrected chi connectivity index (χ0v) is 10.3. The monoisotopic (exact) mass is 246 g/mol. The van der Waals surface area contributed by atoms with E-state index in [-0.39, 0.29) is 12.0 Å². The average Bonchev–Trinajstić information content (AvgIpc) is 2.81. The highest BCUT2D eigenvalue weighted by molar-refractivity contribution is 5.73. The zero-order chi connectivity index (χ0) is 13.4. The van der Waals surface area contributed by atoms with E-state index in [9.17, 15) is 9.59 Å². The number of carboxylic acids is 2. The quantitative estimate of drug-likeness (QED) is 0.566. The fraction of sp³-hybridized carbons (Fsp3) is 0.818. The van der Waals surface area contributed by atoms with E-state index in [4.69, 9.17) is 15.9 Å². The lowest BCUT2D eigenvalue weighted by Crippen LogP contribution is -2.36. The fourth-order valence-electron chi connectivity index (χ4n) is 1.39. The molecule has 6 heteroatoms. The molecule has 17 heavy (non-hydrogen) atoms. The van der Waals surface area contributed by atoms with Crippen molar-refractivity contribution >= 4 is 11.9 Å². The predicted octanol–water partition coefficient (Wildman–Crippen LogP) is 0.267. The molecule has 1 saturated heterocycles. The summed E-state index contributed by atoms with van der Waals surface area (Å²) < 4.78 is 0. The SMILES string of the molecule is CCC(C)[C@@H](N)C(=O)O.O=C(O)[C@H]1CCCN1. The Kier molecular flexibility index (Phi) is 7.49. The molecule has 0 spiro atoms. The van der Waals surface area contributed by atoms with Crippen LogP contribution in [0.3, 0.4) is 0 Å². The smallest absolute Gasteiger partial charge is 0.320 e. The molecule has 0 aromatic rings. The van der Waals surface area contributed by atoms with Crippen molar-refractivity contribution in [1.29, 1.82) is 0 Å². The van der Waals surface area contributed by atoms with Gasteiger partial charge in [0.15, 0.2) is 0 Å². The summed E-state index contributed by atoms with van der Waals surface area (Å²) >= 11 is 0. The topological polar surface area (TPSA) is 113 Å². The highest BCUT2D eigenvalue weighted by Gasteiger charge is 2.20. The second kappa shape index (κ2) is 8.03. The molecule has 1 rings (SSSR count). The van der Waals surface area contributed by atoms with Crippen LogP contribution < -0.4 is 11.1 Å². The van der Waals surface area contributed by atoms with Crippen molar-refractivity contribution in [3.05, 3.63) is 0 Å². The van der Waals surface area contributed by atoms with Gasteiger partial charge in [0.2, 0.25) is 0 Å². The average molecular weight is 246 g/mol. The van der Waals surface area contributed by atoms with Crippen molar-refractivity contribution in [2.45, 2.75) is 45.2 Å². The summed E-state index contributed by atoms with van der Waals surface area (Å²) in [5, 5.41) is 19.6. The van der Waals surface area contributed by atoms with Crippen LogP contribution >= 0.6 is 0 Å². The van der Waals surface area contributed by atoms with Crippen LogP contribution in [-0.4, -0.2) is 40.8 Å². The molecule has 0 aliphatic carbocycles. The number of nitrogens with one attached hydrogen (secondary N) is 1. The first-order valence-electron chi connectivity index (χ1n) is 5.84. The normalized spacial score (nSPS) is 22.2. The maximum atomic E-state index is 10.2. The molecule has 5 N–H and O–H groups in total. The number of hydrogen-bond acceptors (Lipinski definition) is 4. The lowest BCUT2D eigenvalue weighted by molar-refractivity contribution is -0.140. The van der Waals surface area contributed by atoms with Crippen LogP contribution in [0.4, 0.5) is 0 Å². The van der Waals surface area contributed by atoms with Gasteiger partial charge in [-0.2, -0.15) is 0 Å². The molecule has 0 aromatic heterocycles. The van der Waals surface area contributed by atoms with Crippen molar-refractivity contribution in [2.24, 2.45) is 11.7 Å². The Morgan fingerprint density at radius 3 is 2.24 bits per heavy atom. The third kappa shape index (κ3) is 6.23. The minimum absolute atomic E-state index is 0.0718. The van der Waals surface area contributed by atoms with Gasteiger partial charge in [-0.25, -0.2) is 0 Å². The second-order valence-electron chi connectivity index (χ2n) is 4.24. The highest BCUT2D eigenvalue weighted by atomic mass is 16.4. The van der Waals surface area contributed by atoms with Crippen molar-refractivity contribution in [1.82, 2.24) is 5.32 Å². The maximum Gasteiger partial charge on any atom is 0.320 e. The summed E-state index contributed by atoms with van der Waals surface area (Å²) in [5.41, 5.74) is 5.27. The molecule has 1 heterocycles.